The first-order valence-corrected chi connectivity index (χ1v) is 11.8. The number of anilines is 1. The normalized spacial score (nSPS) is 14.8. The number of benzene rings is 1. The SMILES string of the molecule is CC(C)(C)c1cc(NC(=O)CSc2nnc(-c3ccccc3Cl)n2C2CCCC2)on1. The molecule has 0 aliphatic heterocycles. The van der Waals surface area contributed by atoms with E-state index in [1.807, 2.05) is 45.0 Å². The summed E-state index contributed by atoms with van der Waals surface area (Å²) in [6, 6.07) is 9.73. The Hall–Kier alpha value is -2.32. The number of amides is 1. The van der Waals surface area contributed by atoms with Crippen LogP contribution < -0.4 is 5.32 Å². The van der Waals surface area contributed by atoms with Crippen LogP contribution >= 0.6 is 23.4 Å². The Morgan fingerprint density at radius 3 is 2.68 bits per heavy atom. The van der Waals surface area contributed by atoms with Crippen molar-refractivity contribution in [2.75, 3.05) is 11.1 Å². The van der Waals surface area contributed by atoms with Gasteiger partial charge in [0.05, 0.1) is 16.5 Å². The summed E-state index contributed by atoms with van der Waals surface area (Å²) in [4.78, 5) is 12.5. The molecule has 0 unspecified atom stereocenters. The van der Waals surface area contributed by atoms with Gasteiger partial charge in [0.1, 0.15) is 0 Å². The summed E-state index contributed by atoms with van der Waals surface area (Å²) in [5.74, 6) is 1.12. The maximum atomic E-state index is 12.5. The number of carbonyl (C=O) groups is 1. The topological polar surface area (TPSA) is 85.8 Å². The van der Waals surface area contributed by atoms with Crippen LogP contribution in [-0.4, -0.2) is 31.6 Å². The van der Waals surface area contributed by atoms with Crippen LogP contribution in [0.4, 0.5) is 5.88 Å². The molecule has 0 saturated heterocycles. The van der Waals surface area contributed by atoms with Crippen LogP contribution in [0.1, 0.15) is 58.2 Å². The summed E-state index contributed by atoms with van der Waals surface area (Å²) >= 11 is 7.80. The van der Waals surface area contributed by atoms with E-state index in [1.54, 1.807) is 6.07 Å². The summed E-state index contributed by atoms with van der Waals surface area (Å²) in [6.45, 7) is 6.12. The Labute approximate surface area is 190 Å². The monoisotopic (exact) mass is 459 g/mol. The lowest BCUT2D eigenvalue weighted by atomic mass is 9.92. The number of hydrogen-bond acceptors (Lipinski definition) is 6. The van der Waals surface area contributed by atoms with Gasteiger partial charge in [-0.1, -0.05) is 74.3 Å². The number of halogens is 1. The highest BCUT2D eigenvalue weighted by molar-refractivity contribution is 7.99. The van der Waals surface area contributed by atoms with Crippen molar-refractivity contribution in [2.24, 2.45) is 0 Å². The van der Waals surface area contributed by atoms with E-state index < -0.39 is 0 Å². The van der Waals surface area contributed by atoms with E-state index in [-0.39, 0.29) is 17.1 Å². The molecule has 1 amide bonds. The molecule has 2 heterocycles. The van der Waals surface area contributed by atoms with Crippen molar-refractivity contribution < 1.29 is 9.32 Å². The molecule has 1 fully saturated rings. The highest BCUT2D eigenvalue weighted by Crippen LogP contribution is 2.38. The van der Waals surface area contributed by atoms with E-state index >= 15 is 0 Å². The average molecular weight is 460 g/mol. The van der Waals surface area contributed by atoms with Gasteiger partial charge >= 0.3 is 0 Å². The second-order valence-corrected chi connectivity index (χ2v) is 10.1. The quantitative estimate of drug-likeness (QED) is 0.473. The summed E-state index contributed by atoms with van der Waals surface area (Å²) in [5, 5.41) is 17.0. The first kappa shape index (κ1) is 21.9. The summed E-state index contributed by atoms with van der Waals surface area (Å²) < 4.78 is 7.41. The molecule has 0 radical (unpaired) electrons. The largest absolute Gasteiger partial charge is 0.338 e. The first-order valence-electron chi connectivity index (χ1n) is 10.4. The van der Waals surface area contributed by atoms with E-state index in [2.05, 4.69) is 25.2 Å². The fourth-order valence-corrected chi connectivity index (χ4v) is 4.71. The van der Waals surface area contributed by atoms with E-state index in [1.165, 1.54) is 24.6 Å². The van der Waals surface area contributed by atoms with Crippen LogP contribution in [0.25, 0.3) is 11.4 Å². The van der Waals surface area contributed by atoms with Crippen molar-refractivity contribution in [2.45, 2.75) is 63.1 Å². The molecular weight excluding hydrogens is 434 g/mol. The molecule has 7 nitrogen and oxygen atoms in total. The number of hydrogen-bond donors (Lipinski definition) is 1. The van der Waals surface area contributed by atoms with E-state index in [4.69, 9.17) is 16.1 Å². The highest BCUT2D eigenvalue weighted by atomic mass is 35.5. The fraction of sp³-hybridized carbons (Fsp3) is 0.455. The summed E-state index contributed by atoms with van der Waals surface area (Å²) in [7, 11) is 0. The molecule has 4 rings (SSSR count). The number of carbonyl (C=O) groups excluding carboxylic acids is 1. The molecule has 1 aliphatic rings. The zero-order chi connectivity index (χ0) is 22.0. The molecule has 1 saturated carbocycles. The third-order valence-electron chi connectivity index (χ3n) is 5.34. The van der Waals surface area contributed by atoms with Gasteiger partial charge in [-0.3, -0.25) is 14.7 Å². The molecule has 1 aliphatic carbocycles. The molecule has 0 bridgehead atoms. The van der Waals surface area contributed by atoms with Crippen LogP contribution in [0.2, 0.25) is 5.02 Å². The van der Waals surface area contributed by atoms with Crippen molar-refractivity contribution >= 4 is 35.2 Å². The minimum absolute atomic E-state index is 0.145. The lowest BCUT2D eigenvalue weighted by Gasteiger charge is -2.17. The Morgan fingerprint density at radius 2 is 2.00 bits per heavy atom. The highest BCUT2D eigenvalue weighted by Gasteiger charge is 2.26. The third kappa shape index (κ3) is 4.96. The Balaban J connectivity index is 1.50. The van der Waals surface area contributed by atoms with Crippen LogP contribution in [0.5, 0.6) is 0 Å². The summed E-state index contributed by atoms with van der Waals surface area (Å²) in [5.41, 5.74) is 1.51. The van der Waals surface area contributed by atoms with Crippen molar-refractivity contribution in [3.63, 3.8) is 0 Å². The maximum Gasteiger partial charge on any atom is 0.237 e. The van der Waals surface area contributed by atoms with E-state index in [0.29, 0.717) is 16.9 Å². The van der Waals surface area contributed by atoms with Gasteiger partial charge in [-0.05, 0) is 25.0 Å². The minimum Gasteiger partial charge on any atom is -0.338 e. The second-order valence-electron chi connectivity index (χ2n) is 8.76. The Kier molecular flexibility index (Phi) is 6.39. The third-order valence-corrected chi connectivity index (χ3v) is 6.62. The van der Waals surface area contributed by atoms with Crippen LogP contribution in [0.15, 0.2) is 40.0 Å². The number of nitrogens with zero attached hydrogens (tertiary/aromatic N) is 4. The number of thioether (sulfide) groups is 1. The smallest absolute Gasteiger partial charge is 0.237 e. The maximum absolute atomic E-state index is 12.5. The molecule has 0 spiro atoms. The van der Waals surface area contributed by atoms with Crippen molar-refractivity contribution in [1.82, 2.24) is 19.9 Å². The second kappa shape index (κ2) is 9.04. The number of aromatic nitrogens is 4. The molecule has 31 heavy (non-hydrogen) atoms. The van der Waals surface area contributed by atoms with Crippen LogP contribution in [0.3, 0.4) is 0 Å². The van der Waals surface area contributed by atoms with Gasteiger partial charge in [-0.25, -0.2) is 0 Å². The number of rotatable bonds is 6. The van der Waals surface area contributed by atoms with Gasteiger partial charge in [0, 0.05) is 23.1 Å². The minimum atomic E-state index is -0.179. The summed E-state index contributed by atoms with van der Waals surface area (Å²) in [6.07, 6.45) is 4.50. The molecule has 1 N–H and O–H groups in total. The molecule has 9 heteroatoms. The standard InChI is InChI=1S/C22H26ClN5O2S/c1-22(2,3)17-12-19(30-27-17)24-18(29)13-31-21-26-25-20(15-10-6-7-11-16(15)23)28(21)14-8-4-5-9-14/h6-7,10-12,14H,4-5,8-9,13H2,1-3H3,(H,24,29). The van der Waals surface area contributed by atoms with Gasteiger partial charge in [-0.15, -0.1) is 10.2 Å². The number of nitrogens with one attached hydrogen (secondary N) is 1. The molecule has 1 aromatic carbocycles. The average Bonchev–Trinajstić information content (AvgIpc) is 3.46. The Bertz CT molecular complexity index is 1070. The van der Waals surface area contributed by atoms with Crippen molar-refractivity contribution in [3.8, 4) is 11.4 Å². The fourth-order valence-electron chi connectivity index (χ4n) is 3.68. The molecule has 2 aromatic heterocycles. The van der Waals surface area contributed by atoms with Gasteiger partial charge in [0.25, 0.3) is 0 Å². The van der Waals surface area contributed by atoms with Crippen LogP contribution in [-0.2, 0) is 10.2 Å². The lowest BCUT2D eigenvalue weighted by Crippen LogP contribution is -2.15. The lowest BCUT2D eigenvalue weighted by molar-refractivity contribution is -0.113. The van der Waals surface area contributed by atoms with Gasteiger partial charge in [-0.2, -0.15) is 0 Å². The van der Waals surface area contributed by atoms with Crippen molar-refractivity contribution in [3.05, 3.63) is 41.0 Å². The zero-order valence-electron chi connectivity index (χ0n) is 17.9. The molecule has 0 atom stereocenters. The first-order chi connectivity index (χ1) is 14.8. The predicted molar refractivity (Wildman–Crippen MR) is 123 cm³/mol. The molecule has 3 aromatic rings. The van der Waals surface area contributed by atoms with E-state index in [0.717, 1.165) is 35.1 Å². The molecule has 164 valence electrons. The zero-order valence-corrected chi connectivity index (χ0v) is 19.5. The van der Waals surface area contributed by atoms with Gasteiger partial charge in [0.2, 0.25) is 11.8 Å². The van der Waals surface area contributed by atoms with E-state index in [9.17, 15) is 4.79 Å². The predicted octanol–water partition coefficient (Wildman–Crippen LogP) is 5.73. The van der Waals surface area contributed by atoms with Crippen molar-refractivity contribution in [1.29, 1.82) is 0 Å². The van der Waals surface area contributed by atoms with Gasteiger partial charge in [0.15, 0.2) is 11.0 Å². The molecular formula is C22H26ClN5O2S. The van der Waals surface area contributed by atoms with Gasteiger partial charge < -0.3 is 4.52 Å². The Morgan fingerprint density at radius 1 is 1.26 bits per heavy atom. The van der Waals surface area contributed by atoms with Crippen LogP contribution in [0, 0.1) is 0 Å².